The molecule has 0 bridgehead atoms. The highest BCUT2D eigenvalue weighted by Crippen LogP contribution is 2.24. The molecule has 1 aliphatic carbocycles. The number of rotatable bonds is 9. The quantitative estimate of drug-likeness (QED) is 0.249. The Labute approximate surface area is 235 Å². The molecular weight excluding hydrogens is 486 g/mol. The minimum atomic E-state index is -0.282. The molecule has 0 spiro atoms. The fourth-order valence-electron chi connectivity index (χ4n) is 3.60. The van der Waals surface area contributed by atoms with Crippen molar-refractivity contribution in [3.05, 3.63) is 89.7 Å². The Morgan fingerprint density at radius 2 is 1.92 bits per heavy atom. The molecule has 0 saturated heterocycles. The van der Waals surface area contributed by atoms with E-state index < -0.39 is 0 Å². The van der Waals surface area contributed by atoms with Gasteiger partial charge < -0.3 is 15.4 Å². The minimum absolute atomic E-state index is 0.0362. The Balaban J connectivity index is 0.000000487. The number of urea groups is 1. The van der Waals surface area contributed by atoms with E-state index in [1.165, 1.54) is 0 Å². The van der Waals surface area contributed by atoms with Crippen molar-refractivity contribution in [2.75, 3.05) is 19.0 Å². The molecule has 1 aromatic rings. The monoisotopic (exact) mass is 531 g/mol. The van der Waals surface area contributed by atoms with E-state index in [0.29, 0.717) is 18.1 Å². The van der Waals surface area contributed by atoms with Crippen LogP contribution < -0.4 is 10.6 Å². The van der Waals surface area contributed by atoms with Crippen LogP contribution in [0.5, 0.6) is 0 Å². The van der Waals surface area contributed by atoms with Crippen molar-refractivity contribution in [3.8, 4) is 0 Å². The van der Waals surface area contributed by atoms with Crippen LogP contribution in [-0.2, 0) is 9.53 Å². The fraction of sp³-hybridized carbons (Fsp3) is 0.364. The lowest BCUT2D eigenvalue weighted by molar-refractivity contribution is -0.138. The summed E-state index contributed by atoms with van der Waals surface area (Å²) in [5.74, 6) is 0.126. The van der Waals surface area contributed by atoms with Crippen molar-refractivity contribution in [1.29, 1.82) is 0 Å². The zero-order chi connectivity index (χ0) is 29.4. The normalized spacial score (nSPS) is 15.6. The second-order valence-corrected chi connectivity index (χ2v) is 9.71. The summed E-state index contributed by atoms with van der Waals surface area (Å²) in [6.45, 7) is 18.3. The first-order valence-electron chi connectivity index (χ1n) is 13.4. The zero-order valence-corrected chi connectivity index (χ0v) is 24.8. The van der Waals surface area contributed by atoms with E-state index in [4.69, 9.17) is 4.74 Å². The van der Waals surface area contributed by atoms with Crippen LogP contribution >= 0.6 is 0 Å². The number of aliphatic imine (C=N–C) groups is 1. The summed E-state index contributed by atoms with van der Waals surface area (Å²) in [5, 5.41) is 5.79. The predicted molar refractivity (Wildman–Crippen MR) is 167 cm³/mol. The molecule has 2 amide bonds. The van der Waals surface area contributed by atoms with E-state index in [9.17, 15) is 9.59 Å². The molecule has 6 heteroatoms. The smallest absolute Gasteiger partial charge is 0.338 e. The van der Waals surface area contributed by atoms with Crippen LogP contribution in [0.25, 0.3) is 12.2 Å². The Morgan fingerprint density at radius 1 is 1.21 bits per heavy atom. The van der Waals surface area contributed by atoms with Gasteiger partial charge in [-0.25, -0.2) is 9.59 Å². The number of esters is 1. The van der Waals surface area contributed by atoms with Crippen molar-refractivity contribution >= 4 is 35.6 Å². The lowest BCUT2D eigenvalue weighted by atomic mass is 9.84. The molecule has 0 fully saturated rings. The average molecular weight is 532 g/mol. The molecule has 6 nitrogen and oxygen atoms in total. The summed E-state index contributed by atoms with van der Waals surface area (Å²) < 4.78 is 4.88. The summed E-state index contributed by atoms with van der Waals surface area (Å²) in [4.78, 5) is 28.1. The number of hydrogen-bond donors (Lipinski definition) is 2. The summed E-state index contributed by atoms with van der Waals surface area (Å²) >= 11 is 0. The summed E-state index contributed by atoms with van der Waals surface area (Å²) in [6, 6.07) is 5.46. The zero-order valence-electron chi connectivity index (χ0n) is 24.8. The molecule has 1 aromatic carbocycles. The first-order chi connectivity index (χ1) is 18.5. The van der Waals surface area contributed by atoms with Crippen LogP contribution in [0.3, 0.4) is 0 Å². The van der Waals surface area contributed by atoms with Crippen LogP contribution in [0, 0.1) is 11.3 Å². The van der Waals surface area contributed by atoms with E-state index >= 15 is 0 Å². The number of amides is 2. The van der Waals surface area contributed by atoms with Crippen LogP contribution in [0.15, 0.2) is 83.6 Å². The van der Waals surface area contributed by atoms with Gasteiger partial charge in [-0.1, -0.05) is 88.9 Å². The van der Waals surface area contributed by atoms with Gasteiger partial charge >= 0.3 is 12.0 Å². The fourth-order valence-corrected chi connectivity index (χ4v) is 3.60. The topological polar surface area (TPSA) is 79.8 Å². The van der Waals surface area contributed by atoms with Crippen LogP contribution in [0.2, 0.25) is 0 Å². The average Bonchev–Trinajstić information content (AvgIpc) is 3.13. The van der Waals surface area contributed by atoms with E-state index in [-0.39, 0.29) is 17.4 Å². The maximum Gasteiger partial charge on any atom is 0.338 e. The molecule has 39 heavy (non-hydrogen) atoms. The molecule has 0 radical (unpaired) electrons. The maximum absolute atomic E-state index is 12.4. The number of nitrogens with one attached hydrogen (secondary N) is 2. The molecule has 1 atom stereocenters. The first-order valence-corrected chi connectivity index (χ1v) is 13.4. The third-order valence-corrected chi connectivity index (χ3v) is 6.20. The van der Waals surface area contributed by atoms with Gasteiger partial charge in [0.1, 0.15) is 0 Å². The number of nitrogens with zero attached hydrogens (tertiary/aromatic N) is 1. The summed E-state index contributed by atoms with van der Waals surface area (Å²) in [5.41, 5.74) is 4.93. The molecule has 2 N–H and O–H groups in total. The Morgan fingerprint density at radius 3 is 2.51 bits per heavy atom. The van der Waals surface area contributed by atoms with E-state index in [1.807, 2.05) is 74.6 Å². The van der Waals surface area contributed by atoms with E-state index in [1.54, 1.807) is 26.1 Å². The molecule has 2 rings (SSSR count). The lowest BCUT2D eigenvalue weighted by Crippen LogP contribution is -2.29. The number of benzene rings is 1. The number of carbonyl (C=O) groups excluding carboxylic acids is 2. The van der Waals surface area contributed by atoms with Gasteiger partial charge in [0.05, 0.1) is 17.9 Å². The summed E-state index contributed by atoms with van der Waals surface area (Å²) in [6.07, 6.45) is 18.0. The third-order valence-electron chi connectivity index (χ3n) is 6.20. The highest BCUT2D eigenvalue weighted by molar-refractivity contribution is 6.00. The number of anilines is 1. The number of hydrogen-bond acceptors (Lipinski definition) is 4. The van der Waals surface area contributed by atoms with E-state index in [2.05, 4.69) is 49.9 Å². The molecule has 0 aliphatic heterocycles. The van der Waals surface area contributed by atoms with Crippen LogP contribution in [0.4, 0.5) is 10.5 Å². The molecular formula is C33H45N3O3. The molecule has 0 aromatic heterocycles. The summed E-state index contributed by atoms with van der Waals surface area (Å²) in [7, 11) is 1.78. The molecule has 1 unspecified atom stereocenters. The highest BCUT2D eigenvalue weighted by Gasteiger charge is 2.21. The van der Waals surface area contributed by atoms with Crippen molar-refractivity contribution in [3.63, 3.8) is 0 Å². The number of allylic oxidation sites excluding steroid dienone is 7. The van der Waals surface area contributed by atoms with Gasteiger partial charge in [-0.15, -0.1) is 0 Å². The van der Waals surface area contributed by atoms with Crippen LogP contribution in [0.1, 0.15) is 66.0 Å². The lowest BCUT2D eigenvalue weighted by Gasteiger charge is -2.23. The van der Waals surface area contributed by atoms with Gasteiger partial charge in [0, 0.05) is 29.4 Å². The Hall–Kier alpha value is -3.93. The van der Waals surface area contributed by atoms with Crippen molar-refractivity contribution < 1.29 is 14.3 Å². The number of carbonyl (C=O) groups is 2. The van der Waals surface area contributed by atoms with E-state index in [0.717, 1.165) is 34.6 Å². The largest absolute Gasteiger partial charge is 0.462 e. The second kappa shape index (κ2) is 16.8. The van der Waals surface area contributed by atoms with Gasteiger partial charge in [-0.05, 0) is 56.9 Å². The second-order valence-electron chi connectivity index (χ2n) is 9.71. The van der Waals surface area contributed by atoms with Gasteiger partial charge in [0.2, 0.25) is 0 Å². The Bertz CT molecular complexity index is 1180. The third kappa shape index (κ3) is 11.1. The van der Waals surface area contributed by atoms with Gasteiger partial charge in [-0.3, -0.25) is 4.99 Å². The van der Waals surface area contributed by atoms with Gasteiger partial charge in [-0.2, -0.15) is 0 Å². The molecule has 210 valence electrons. The van der Waals surface area contributed by atoms with Gasteiger partial charge in [0.25, 0.3) is 0 Å². The minimum Gasteiger partial charge on any atom is -0.462 e. The maximum atomic E-state index is 12.4. The molecule has 0 saturated carbocycles. The number of ether oxygens (including phenoxy) is 1. The highest BCUT2D eigenvalue weighted by atomic mass is 16.5. The standard InChI is InChI=1S/C22H31N3O.C11H14O2/c1-8-12-18-17(9-2)13-11-14-19(18)25-21(26)24-16(4)15-20(23-7)22(5,6)10-3;1-3-13-11(12)10-6-4-5-9(2)7-8-10/h8-9,11-15H,2,10H2,1,3-7H3,(H2,24,25,26);4-9H,3H2,1-2H3/b12-8-,16-15+,23-20?;. The van der Waals surface area contributed by atoms with Gasteiger partial charge in [0.15, 0.2) is 0 Å². The van der Waals surface area contributed by atoms with Crippen LogP contribution in [-0.4, -0.2) is 31.4 Å². The van der Waals surface area contributed by atoms with Crippen molar-refractivity contribution in [2.45, 2.75) is 54.9 Å². The molecule has 0 heterocycles. The SMILES string of the molecule is C=Cc1cccc(NC(=O)N/C(C)=C/C(=NC)C(C)(C)CC)c1/C=C\C.CCOC(=O)C1=CC=CC(C)C=C1. The Kier molecular flexibility index (Phi) is 14.3. The molecule has 1 aliphatic rings. The van der Waals surface area contributed by atoms with Crippen molar-refractivity contribution in [1.82, 2.24) is 5.32 Å². The predicted octanol–water partition coefficient (Wildman–Crippen LogP) is 8.13. The first kappa shape index (κ1) is 33.1. The van der Waals surface area contributed by atoms with Crippen molar-refractivity contribution in [2.24, 2.45) is 16.3 Å².